The normalized spacial score (nSPS) is 18.6. The van der Waals surface area contributed by atoms with Gasteiger partial charge in [0.25, 0.3) is 5.91 Å². The van der Waals surface area contributed by atoms with Gasteiger partial charge in [-0.3, -0.25) is 9.78 Å². The summed E-state index contributed by atoms with van der Waals surface area (Å²) in [7, 11) is 0. The summed E-state index contributed by atoms with van der Waals surface area (Å²) in [5, 5.41) is 1.80. The van der Waals surface area contributed by atoms with Crippen molar-refractivity contribution in [3.8, 4) is 0 Å². The number of amides is 1. The average molecular weight is 317 g/mol. The molecule has 0 aromatic carbocycles. The molecule has 0 saturated carbocycles. The summed E-state index contributed by atoms with van der Waals surface area (Å²) in [6.45, 7) is 8.18. The third-order valence-electron chi connectivity index (χ3n) is 3.89. The van der Waals surface area contributed by atoms with Crippen LogP contribution in [-0.2, 0) is 0 Å². The summed E-state index contributed by atoms with van der Waals surface area (Å²) in [5.41, 5.74) is 4.07. The predicted molar refractivity (Wildman–Crippen MR) is 86.3 cm³/mol. The van der Waals surface area contributed by atoms with E-state index >= 15 is 0 Å². The molecule has 2 aromatic heterocycles. The molecule has 0 bridgehead atoms. The van der Waals surface area contributed by atoms with E-state index in [4.69, 9.17) is 0 Å². The molecule has 1 aliphatic rings. The number of aryl methyl sites for hydroxylation is 2. The molecule has 1 fully saturated rings. The number of carbonyl (C=O) groups is 1. The van der Waals surface area contributed by atoms with Crippen LogP contribution >= 0.6 is 11.3 Å². The first kappa shape index (κ1) is 14.9. The Kier molecular flexibility index (Phi) is 4.06. The fourth-order valence-electron chi connectivity index (χ4n) is 2.74. The van der Waals surface area contributed by atoms with Gasteiger partial charge >= 0.3 is 0 Å². The van der Waals surface area contributed by atoms with Gasteiger partial charge in [-0.2, -0.15) is 0 Å². The third kappa shape index (κ3) is 2.81. The van der Waals surface area contributed by atoms with Crippen LogP contribution in [-0.4, -0.2) is 51.4 Å². The van der Waals surface area contributed by atoms with Crippen molar-refractivity contribution in [3.63, 3.8) is 0 Å². The topological polar surface area (TPSA) is 62.2 Å². The minimum Gasteiger partial charge on any atom is -0.351 e. The van der Waals surface area contributed by atoms with E-state index < -0.39 is 0 Å². The number of hydrogen-bond donors (Lipinski definition) is 0. The van der Waals surface area contributed by atoms with Crippen LogP contribution in [0.25, 0.3) is 0 Å². The highest BCUT2D eigenvalue weighted by Crippen LogP contribution is 2.21. The maximum absolute atomic E-state index is 12.5. The second-order valence-electron chi connectivity index (χ2n) is 5.59. The highest BCUT2D eigenvalue weighted by atomic mass is 32.1. The van der Waals surface area contributed by atoms with Crippen LogP contribution in [0.5, 0.6) is 0 Å². The van der Waals surface area contributed by atoms with Crippen molar-refractivity contribution in [3.05, 3.63) is 34.2 Å². The number of rotatable bonds is 2. The van der Waals surface area contributed by atoms with Gasteiger partial charge in [0.1, 0.15) is 11.5 Å². The minimum atomic E-state index is 0.0143. The molecule has 3 rings (SSSR count). The van der Waals surface area contributed by atoms with Crippen molar-refractivity contribution >= 4 is 23.1 Å². The summed E-state index contributed by atoms with van der Waals surface area (Å²) in [6.07, 6.45) is 1.78. The van der Waals surface area contributed by atoms with Gasteiger partial charge in [-0.25, -0.2) is 9.97 Å². The molecule has 1 aliphatic heterocycles. The Balaban J connectivity index is 1.75. The van der Waals surface area contributed by atoms with Crippen molar-refractivity contribution in [2.75, 3.05) is 24.5 Å². The summed E-state index contributed by atoms with van der Waals surface area (Å²) in [6, 6.07) is 0.115. The molecule has 3 heterocycles. The van der Waals surface area contributed by atoms with Crippen LogP contribution in [0.3, 0.4) is 0 Å². The number of hydrogen-bond acceptors (Lipinski definition) is 6. The lowest BCUT2D eigenvalue weighted by molar-refractivity contribution is 0.0668. The number of nitrogens with zero attached hydrogens (tertiary/aromatic N) is 5. The van der Waals surface area contributed by atoms with Crippen LogP contribution in [0.4, 0.5) is 5.82 Å². The zero-order chi connectivity index (χ0) is 15.7. The quantitative estimate of drug-likeness (QED) is 0.846. The van der Waals surface area contributed by atoms with Gasteiger partial charge in [-0.1, -0.05) is 0 Å². The molecular formula is C15H19N5OS. The second-order valence-corrected chi connectivity index (χ2v) is 6.31. The monoisotopic (exact) mass is 317 g/mol. The number of thiazole rings is 1. The van der Waals surface area contributed by atoms with E-state index in [1.165, 1.54) is 11.3 Å². The molecule has 6 nitrogen and oxygen atoms in total. The number of carbonyl (C=O) groups excluding carboxylic acids is 1. The zero-order valence-corrected chi connectivity index (χ0v) is 13.8. The largest absolute Gasteiger partial charge is 0.351 e. The van der Waals surface area contributed by atoms with Gasteiger partial charge in [0.15, 0.2) is 0 Å². The van der Waals surface area contributed by atoms with Crippen molar-refractivity contribution in [1.29, 1.82) is 0 Å². The van der Waals surface area contributed by atoms with Crippen LogP contribution in [0.15, 0.2) is 17.1 Å². The Morgan fingerprint density at radius 1 is 1.32 bits per heavy atom. The Hall–Kier alpha value is -2.02. The van der Waals surface area contributed by atoms with Crippen molar-refractivity contribution in [2.24, 2.45) is 0 Å². The lowest BCUT2D eigenvalue weighted by atomic mass is 10.1. The molecule has 0 unspecified atom stereocenters. The maximum Gasteiger partial charge on any atom is 0.273 e. The van der Waals surface area contributed by atoms with Gasteiger partial charge < -0.3 is 9.80 Å². The van der Waals surface area contributed by atoms with Crippen molar-refractivity contribution < 1.29 is 4.79 Å². The average Bonchev–Trinajstić information content (AvgIpc) is 3.03. The van der Waals surface area contributed by atoms with E-state index in [0.717, 1.165) is 30.3 Å². The van der Waals surface area contributed by atoms with E-state index in [1.54, 1.807) is 17.1 Å². The number of piperazine rings is 1. The molecule has 116 valence electrons. The fraction of sp³-hybridized carbons (Fsp3) is 0.467. The third-order valence-corrected chi connectivity index (χ3v) is 4.48. The molecule has 1 atom stereocenters. The van der Waals surface area contributed by atoms with Gasteiger partial charge in [-0.15, -0.1) is 11.3 Å². The van der Waals surface area contributed by atoms with E-state index in [9.17, 15) is 4.79 Å². The van der Waals surface area contributed by atoms with Crippen molar-refractivity contribution in [1.82, 2.24) is 19.9 Å². The molecule has 7 heteroatoms. The standard InChI is InChI=1S/C15H19N5OS/c1-10-6-16-12(3)14(18-10)19-4-5-20(11(2)7-19)15(21)13-8-22-9-17-13/h6,8-9,11H,4-5,7H2,1-3H3/t11-/m0/s1. The first-order valence-corrected chi connectivity index (χ1v) is 8.25. The van der Waals surface area contributed by atoms with Crippen LogP contribution in [0, 0.1) is 13.8 Å². The maximum atomic E-state index is 12.5. The Morgan fingerprint density at radius 2 is 2.14 bits per heavy atom. The summed E-state index contributed by atoms with van der Waals surface area (Å²) in [4.78, 5) is 29.7. The van der Waals surface area contributed by atoms with E-state index in [2.05, 4.69) is 26.8 Å². The van der Waals surface area contributed by atoms with E-state index in [1.807, 2.05) is 18.7 Å². The van der Waals surface area contributed by atoms with Crippen LogP contribution in [0.1, 0.15) is 28.8 Å². The first-order valence-electron chi connectivity index (χ1n) is 7.30. The van der Waals surface area contributed by atoms with E-state index in [0.29, 0.717) is 12.2 Å². The summed E-state index contributed by atoms with van der Waals surface area (Å²) < 4.78 is 0. The van der Waals surface area contributed by atoms with Gasteiger partial charge in [0, 0.05) is 37.3 Å². The lowest BCUT2D eigenvalue weighted by Gasteiger charge is -2.40. The molecule has 2 aromatic rings. The van der Waals surface area contributed by atoms with Gasteiger partial charge in [0.05, 0.1) is 16.9 Å². The Morgan fingerprint density at radius 3 is 2.82 bits per heavy atom. The molecule has 1 saturated heterocycles. The van der Waals surface area contributed by atoms with Gasteiger partial charge in [-0.05, 0) is 20.8 Å². The molecular weight excluding hydrogens is 298 g/mol. The molecule has 0 aliphatic carbocycles. The predicted octanol–water partition coefficient (Wildman–Crippen LogP) is 1.90. The van der Waals surface area contributed by atoms with E-state index in [-0.39, 0.29) is 11.9 Å². The molecule has 0 N–H and O–H groups in total. The second kappa shape index (κ2) is 6.00. The summed E-state index contributed by atoms with van der Waals surface area (Å²) in [5.74, 6) is 0.938. The van der Waals surface area contributed by atoms with Crippen LogP contribution < -0.4 is 4.90 Å². The van der Waals surface area contributed by atoms with Crippen molar-refractivity contribution in [2.45, 2.75) is 26.8 Å². The van der Waals surface area contributed by atoms with Crippen LogP contribution in [0.2, 0.25) is 0 Å². The lowest BCUT2D eigenvalue weighted by Crippen LogP contribution is -2.54. The molecule has 0 spiro atoms. The highest BCUT2D eigenvalue weighted by molar-refractivity contribution is 7.07. The minimum absolute atomic E-state index is 0.0143. The molecule has 1 amide bonds. The zero-order valence-electron chi connectivity index (χ0n) is 13.0. The molecule has 22 heavy (non-hydrogen) atoms. The fourth-order valence-corrected chi connectivity index (χ4v) is 3.27. The van der Waals surface area contributed by atoms with Gasteiger partial charge in [0.2, 0.25) is 0 Å². The SMILES string of the molecule is Cc1cnc(C)c(N2CCN(C(=O)c3cscn3)[C@@H](C)C2)n1. The Labute approximate surface area is 133 Å². The number of anilines is 1. The Bertz CT molecular complexity index is 673. The highest BCUT2D eigenvalue weighted by Gasteiger charge is 2.30. The first-order chi connectivity index (χ1) is 10.6. The molecule has 0 radical (unpaired) electrons. The smallest absolute Gasteiger partial charge is 0.273 e. The summed E-state index contributed by atoms with van der Waals surface area (Å²) >= 11 is 1.45. The number of aromatic nitrogens is 3.